The zero-order valence-corrected chi connectivity index (χ0v) is 12.7. The lowest BCUT2D eigenvalue weighted by atomic mass is 9.92. The van der Waals surface area contributed by atoms with Crippen LogP contribution in [0.3, 0.4) is 0 Å². The third-order valence-electron chi connectivity index (χ3n) is 2.84. The highest BCUT2D eigenvalue weighted by Gasteiger charge is 2.33. The fourth-order valence-corrected chi connectivity index (χ4v) is 1.73. The van der Waals surface area contributed by atoms with Crippen LogP contribution in [-0.2, 0) is 4.74 Å². The van der Waals surface area contributed by atoms with Gasteiger partial charge in [-0.1, -0.05) is 20.8 Å². The summed E-state index contributed by atoms with van der Waals surface area (Å²) in [4.78, 5) is 13.4. The number of nitrogens with one attached hydrogen (secondary N) is 1. The summed E-state index contributed by atoms with van der Waals surface area (Å²) in [5.74, 6) is 0. The third-order valence-corrected chi connectivity index (χ3v) is 2.84. The first-order chi connectivity index (χ1) is 8.07. The molecule has 1 rings (SSSR count). The Morgan fingerprint density at radius 2 is 1.78 bits per heavy atom. The molecule has 0 aromatic rings. The molecule has 0 spiro atoms. The van der Waals surface area contributed by atoms with Gasteiger partial charge in [-0.15, -0.1) is 0 Å². The van der Waals surface area contributed by atoms with Crippen LogP contribution in [0.1, 0.15) is 48.0 Å². The highest BCUT2D eigenvalue weighted by Crippen LogP contribution is 2.18. The number of ether oxygens (including phenoxy) is 1. The maximum absolute atomic E-state index is 11.7. The van der Waals surface area contributed by atoms with Crippen molar-refractivity contribution >= 4 is 6.09 Å². The van der Waals surface area contributed by atoms with Gasteiger partial charge in [0.05, 0.1) is 0 Å². The molecular formula is C14H28N2O2. The van der Waals surface area contributed by atoms with Crippen LogP contribution in [0.15, 0.2) is 0 Å². The van der Waals surface area contributed by atoms with Crippen molar-refractivity contribution in [1.29, 1.82) is 0 Å². The SMILES string of the molecule is CC(C)(C)CCNC1CN(C(=O)OC(C)(C)C)C1. The first-order valence-corrected chi connectivity index (χ1v) is 6.78. The Morgan fingerprint density at radius 3 is 2.22 bits per heavy atom. The average molecular weight is 256 g/mol. The summed E-state index contributed by atoms with van der Waals surface area (Å²) in [5.41, 5.74) is -0.0383. The van der Waals surface area contributed by atoms with Crippen molar-refractivity contribution in [2.45, 2.75) is 59.6 Å². The van der Waals surface area contributed by atoms with Gasteiger partial charge in [-0.2, -0.15) is 0 Å². The number of likely N-dealkylation sites (tertiary alicyclic amines) is 1. The lowest BCUT2D eigenvalue weighted by molar-refractivity contribution is 0.00514. The second-order valence-corrected chi connectivity index (χ2v) is 7.35. The molecule has 1 saturated heterocycles. The first-order valence-electron chi connectivity index (χ1n) is 6.78. The van der Waals surface area contributed by atoms with E-state index in [-0.39, 0.29) is 6.09 Å². The number of hydrogen-bond acceptors (Lipinski definition) is 3. The fraction of sp³-hybridized carbons (Fsp3) is 0.929. The van der Waals surface area contributed by atoms with Crippen molar-refractivity contribution in [3.8, 4) is 0 Å². The number of carbonyl (C=O) groups excluding carboxylic acids is 1. The monoisotopic (exact) mass is 256 g/mol. The Morgan fingerprint density at radius 1 is 1.22 bits per heavy atom. The van der Waals surface area contributed by atoms with Gasteiger partial charge in [-0.3, -0.25) is 0 Å². The van der Waals surface area contributed by atoms with Gasteiger partial charge < -0.3 is 15.0 Å². The molecular weight excluding hydrogens is 228 g/mol. The molecule has 0 radical (unpaired) electrons. The first kappa shape index (κ1) is 15.3. The van der Waals surface area contributed by atoms with Crippen LogP contribution in [0, 0.1) is 5.41 Å². The van der Waals surface area contributed by atoms with E-state index in [4.69, 9.17) is 4.74 Å². The smallest absolute Gasteiger partial charge is 0.410 e. The summed E-state index contributed by atoms with van der Waals surface area (Å²) in [6.45, 7) is 14.9. The second-order valence-electron chi connectivity index (χ2n) is 7.35. The molecule has 1 fully saturated rings. The van der Waals surface area contributed by atoms with E-state index in [9.17, 15) is 4.79 Å². The lowest BCUT2D eigenvalue weighted by Crippen LogP contribution is -2.60. The van der Waals surface area contributed by atoms with Crippen molar-refractivity contribution in [1.82, 2.24) is 10.2 Å². The number of nitrogens with zero attached hydrogens (tertiary/aromatic N) is 1. The van der Waals surface area contributed by atoms with Crippen molar-refractivity contribution in [2.75, 3.05) is 19.6 Å². The van der Waals surface area contributed by atoms with Gasteiger partial charge >= 0.3 is 6.09 Å². The van der Waals surface area contributed by atoms with E-state index >= 15 is 0 Å². The molecule has 106 valence electrons. The highest BCUT2D eigenvalue weighted by molar-refractivity contribution is 5.69. The summed E-state index contributed by atoms with van der Waals surface area (Å²) in [5, 5.41) is 3.47. The van der Waals surface area contributed by atoms with Gasteiger partial charge in [0.15, 0.2) is 0 Å². The summed E-state index contributed by atoms with van der Waals surface area (Å²) >= 11 is 0. The van der Waals surface area contributed by atoms with E-state index in [1.165, 1.54) is 0 Å². The number of amides is 1. The summed E-state index contributed by atoms with van der Waals surface area (Å²) in [7, 11) is 0. The number of carbonyl (C=O) groups is 1. The Bertz CT molecular complexity index is 283. The highest BCUT2D eigenvalue weighted by atomic mass is 16.6. The van der Waals surface area contributed by atoms with Gasteiger partial charge in [-0.05, 0) is 39.2 Å². The molecule has 0 unspecified atom stereocenters. The molecule has 1 aliphatic heterocycles. The van der Waals surface area contributed by atoms with Crippen LogP contribution < -0.4 is 5.32 Å². The van der Waals surface area contributed by atoms with E-state index in [0.29, 0.717) is 11.5 Å². The number of rotatable bonds is 3. The van der Waals surface area contributed by atoms with E-state index in [2.05, 4.69) is 26.1 Å². The molecule has 1 aliphatic rings. The molecule has 18 heavy (non-hydrogen) atoms. The predicted octanol–water partition coefficient (Wildman–Crippen LogP) is 2.63. The zero-order chi connectivity index (χ0) is 14.0. The van der Waals surface area contributed by atoms with Crippen LogP contribution in [0.25, 0.3) is 0 Å². The Hall–Kier alpha value is -0.770. The van der Waals surface area contributed by atoms with E-state index < -0.39 is 5.60 Å². The van der Waals surface area contributed by atoms with Crippen LogP contribution in [0.5, 0.6) is 0 Å². The predicted molar refractivity (Wildman–Crippen MR) is 73.7 cm³/mol. The molecule has 4 nitrogen and oxygen atoms in total. The summed E-state index contributed by atoms with van der Waals surface area (Å²) in [6, 6.07) is 0.430. The summed E-state index contributed by atoms with van der Waals surface area (Å²) < 4.78 is 5.31. The van der Waals surface area contributed by atoms with E-state index in [1.807, 2.05) is 20.8 Å². The molecule has 1 N–H and O–H groups in total. The average Bonchev–Trinajstić information content (AvgIpc) is 2.03. The third kappa shape index (κ3) is 5.71. The molecule has 1 heterocycles. The molecule has 0 aromatic heterocycles. The van der Waals surface area contributed by atoms with E-state index in [1.54, 1.807) is 4.90 Å². The minimum absolute atomic E-state index is 0.198. The van der Waals surface area contributed by atoms with Crippen molar-refractivity contribution in [3.63, 3.8) is 0 Å². The lowest BCUT2D eigenvalue weighted by Gasteiger charge is -2.40. The standard InChI is InChI=1S/C14H28N2O2/c1-13(2,3)7-8-15-11-9-16(10-11)12(17)18-14(4,5)6/h11,15H,7-10H2,1-6H3. The Balaban J connectivity index is 2.15. The van der Waals surface area contributed by atoms with Crippen molar-refractivity contribution < 1.29 is 9.53 Å². The molecule has 0 aromatic carbocycles. The van der Waals surface area contributed by atoms with Crippen molar-refractivity contribution in [2.24, 2.45) is 5.41 Å². The fourth-order valence-electron chi connectivity index (χ4n) is 1.73. The van der Waals surface area contributed by atoms with Crippen LogP contribution >= 0.6 is 0 Å². The zero-order valence-electron chi connectivity index (χ0n) is 12.7. The topological polar surface area (TPSA) is 41.6 Å². The largest absolute Gasteiger partial charge is 0.444 e. The molecule has 0 aliphatic carbocycles. The Labute approximate surface area is 111 Å². The quantitative estimate of drug-likeness (QED) is 0.844. The molecule has 0 saturated carbocycles. The molecule has 0 bridgehead atoms. The van der Waals surface area contributed by atoms with Crippen molar-refractivity contribution in [3.05, 3.63) is 0 Å². The van der Waals surface area contributed by atoms with Gasteiger partial charge in [0.25, 0.3) is 0 Å². The normalized spacial score (nSPS) is 17.6. The molecule has 1 amide bonds. The molecule has 4 heteroatoms. The van der Waals surface area contributed by atoms with Crippen LogP contribution in [-0.4, -0.2) is 42.3 Å². The van der Waals surface area contributed by atoms with Gasteiger partial charge in [0.2, 0.25) is 0 Å². The minimum atomic E-state index is -0.401. The second kappa shape index (κ2) is 5.47. The summed E-state index contributed by atoms with van der Waals surface area (Å²) in [6.07, 6.45) is 0.951. The maximum atomic E-state index is 11.7. The van der Waals surface area contributed by atoms with Gasteiger partial charge in [0.1, 0.15) is 5.60 Å². The molecule has 0 atom stereocenters. The number of hydrogen-bond donors (Lipinski definition) is 1. The maximum Gasteiger partial charge on any atom is 0.410 e. The van der Waals surface area contributed by atoms with Crippen LogP contribution in [0.4, 0.5) is 4.79 Å². The van der Waals surface area contributed by atoms with Gasteiger partial charge in [0, 0.05) is 19.1 Å². The van der Waals surface area contributed by atoms with E-state index in [0.717, 1.165) is 26.1 Å². The van der Waals surface area contributed by atoms with Crippen LogP contribution in [0.2, 0.25) is 0 Å². The minimum Gasteiger partial charge on any atom is -0.444 e. The Kier molecular flexibility index (Phi) is 4.65. The van der Waals surface area contributed by atoms with Gasteiger partial charge in [-0.25, -0.2) is 4.79 Å².